The van der Waals surface area contributed by atoms with Crippen molar-refractivity contribution in [2.75, 3.05) is 0 Å². The highest BCUT2D eigenvalue weighted by Crippen LogP contribution is 2.26. The monoisotopic (exact) mass is 177 g/mol. The number of hydrogen-bond donors (Lipinski definition) is 0. The summed E-state index contributed by atoms with van der Waals surface area (Å²) in [6, 6.07) is 2.32. The number of hydrogen-bond acceptors (Lipinski definition) is 1. The minimum absolute atomic E-state index is 0.379. The Kier molecular flexibility index (Phi) is 4.48. The summed E-state index contributed by atoms with van der Waals surface area (Å²) in [7, 11) is 0. The van der Waals surface area contributed by atoms with E-state index in [1.807, 2.05) is 6.92 Å². The van der Waals surface area contributed by atoms with Crippen LogP contribution in [0.1, 0.15) is 34.1 Å². The Morgan fingerprint density at radius 3 is 2.46 bits per heavy atom. The second-order valence-corrected chi connectivity index (χ2v) is 4.07. The average molecular weight is 177 g/mol. The van der Waals surface area contributed by atoms with Gasteiger partial charge in [-0.1, -0.05) is 31.6 Å². The average Bonchev–Trinajstić information content (AvgIpc) is 2.04. The van der Waals surface area contributed by atoms with E-state index in [2.05, 4.69) is 39.5 Å². The molecule has 0 aliphatic rings. The van der Waals surface area contributed by atoms with Crippen LogP contribution in [0.25, 0.3) is 0 Å². The Morgan fingerprint density at radius 2 is 2.15 bits per heavy atom. The van der Waals surface area contributed by atoms with Crippen LogP contribution in [0.4, 0.5) is 0 Å². The highest BCUT2D eigenvalue weighted by Gasteiger charge is 2.19. The lowest BCUT2D eigenvalue weighted by Crippen LogP contribution is -2.10. The molecule has 0 bridgehead atoms. The van der Waals surface area contributed by atoms with Crippen molar-refractivity contribution in [1.29, 1.82) is 5.26 Å². The third-order valence-corrected chi connectivity index (χ3v) is 2.28. The van der Waals surface area contributed by atoms with Crippen molar-refractivity contribution in [2.24, 2.45) is 11.3 Å². The van der Waals surface area contributed by atoms with E-state index >= 15 is 0 Å². The van der Waals surface area contributed by atoms with Gasteiger partial charge in [0.2, 0.25) is 0 Å². The summed E-state index contributed by atoms with van der Waals surface area (Å²) in [6.07, 6.45) is 4.57. The number of allylic oxidation sites excluding steroid dienone is 3. The highest BCUT2D eigenvalue weighted by atomic mass is 14.3. The fourth-order valence-electron chi connectivity index (χ4n) is 1.11. The Bertz CT molecular complexity index is 242. The van der Waals surface area contributed by atoms with Gasteiger partial charge in [-0.2, -0.15) is 5.26 Å². The SMILES string of the molecule is C=CCC(C)(C#N)/C=C(\C)C(C)C. The summed E-state index contributed by atoms with van der Waals surface area (Å²) < 4.78 is 0. The van der Waals surface area contributed by atoms with Crippen LogP contribution in [0.5, 0.6) is 0 Å². The van der Waals surface area contributed by atoms with Gasteiger partial charge in [0.1, 0.15) is 0 Å². The molecule has 1 heteroatoms. The first kappa shape index (κ1) is 12.0. The summed E-state index contributed by atoms with van der Waals surface area (Å²) in [5.74, 6) is 0.512. The van der Waals surface area contributed by atoms with Gasteiger partial charge in [0.05, 0.1) is 11.5 Å². The molecule has 0 radical (unpaired) electrons. The molecule has 0 aromatic rings. The predicted octanol–water partition coefficient (Wildman–Crippen LogP) is 3.69. The molecule has 0 rings (SSSR count). The van der Waals surface area contributed by atoms with Gasteiger partial charge in [-0.25, -0.2) is 0 Å². The number of nitriles is 1. The highest BCUT2D eigenvalue weighted by molar-refractivity contribution is 5.17. The smallest absolute Gasteiger partial charge is 0.0762 e. The molecule has 72 valence electrons. The van der Waals surface area contributed by atoms with Gasteiger partial charge in [-0.3, -0.25) is 0 Å². The van der Waals surface area contributed by atoms with E-state index in [0.717, 1.165) is 0 Å². The van der Waals surface area contributed by atoms with E-state index in [9.17, 15) is 0 Å². The zero-order valence-corrected chi connectivity index (χ0v) is 9.09. The molecule has 0 heterocycles. The van der Waals surface area contributed by atoms with E-state index < -0.39 is 0 Å². The van der Waals surface area contributed by atoms with Crippen LogP contribution in [-0.4, -0.2) is 0 Å². The van der Waals surface area contributed by atoms with Crippen molar-refractivity contribution < 1.29 is 0 Å². The van der Waals surface area contributed by atoms with E-state index in [1.165, 1.54) is 5.57 Å². The summed E-state index contributed by atoms with van der Waals surface area (Å²) in [4.78, 5) is 0. The lowest BCUT2D eigenvalue weighted by molar-refractivity contribution is 0.564. The van der Waals surface area contributed by atoms with Gasteiger partial charge in [0.15, 0.2) is 0 Å². The van der Waals surface area contributed by atoms with Gasteiger partial charge >= 0.3 is 0 Å². The fourth-order valence-corrected chi connectivity index (χ4v) is 1.11. The van der Waals surface area contributed by atoms with E-state index in [0.29, 0.717) is 12.3 Å². The third-order valence-electron chi connectivity index (χ3n) is 2.28. The van der Waals surface area contributed by atoms with Crippen molar-refractivity contribution >= 4 is 0 Å². The second kappa shape index (κ2) is 4.87. The lowest BCUT2D eigenvalue weighted by Gasteiger charge is -2.17. The maximum atomic E-state index is 9.00. The van der Waals surface area contributed by atoms with Crippen LogP contribution in [0.2, 0.25) is 0 Å². The molecule has 1 unspecified atom stereocenters. The molecule has 1 nitrogen and oxygen atoms in total. The molecule has 13 heavy (non-hydrogen) atoms. The quantitative estimate of drug-likeness (QED) is 0.601. The Balaban J connectivity index is 4.71. The lowest BCUT2D eigenvalue weighted by atomic mass is 9.85. The van der Waals surface area contributed by atoms with Crippen molar-refractivity contribution in [2.45, 2.75) is 34.1 Å². The van der Waals surface area contributed by atoms with Gasteiger partial charge in [-0.05, 0) is 26.2 Å². The first-order valence-corrected chi connectivity index (χ1v) is 4.66. The van der Waals surface area contributed by atoms with Crippen molar-refractivity contribution in [3.05, 3.63) is 24.3 Å². The van der Waals surface area contributed by atoms with Crippen LogP contribution in [-0.2, 0) is 0 Å². The molecule has 0 N–H and O–H groups in total. The summed E-state index contributed by atoms with van der Waals surface area (Å²) >= 11 is 0. The van der Waals surface area contributed by atoms with Crippen LogP contribution in [0, 0.1) is 22.7 Å². The molecule has 0 amide bonds. The first-order chi connectivity index (χ1) is 5.95. The van der Waals surface area contributed by atoms with Crippen LogP contribution in [0.3, 0.4) is 0 Å². The van der Waals surface area contributed by atoms with Gasteiger partial charge in [0, 0.05) is 0 Å². The molecule has 0 saturated carbocycles. The molecule has 1 atom stereocenters. The molecule has 0 aliphatic carbocycles. The molecule has 0 saturated heterocycles. The van der Waals surface area contributed by atoms with Gasteiger partial charge < -0.3 is 0 Å². The zero-order chi connectivity index (χ0) is 10.5. The Labute approximate surface area is 81.8 Å². The molecule has 0 aliphatic heterocycles. The first-order valence-electron chi connectivity index (χ1n) is 4.66. The molecular weight excluding hydrogens is 158 g/mol. The summed E-state index contributed by atoms with van der Waals surface area (Å²) in [5.41, 5.74) is 0.890. The van der Waals surface area contributed by atoms with Crippen LogP contribution in [0.15, 0.2) is 24.3 Å². The molecule has 0 fully saturated rings. The third kappa shape index (κ3) is 3.94. The largest absolute Gasteiger partial charge is 0.197 e. The topological polar surface area (TPSA) is 23.8 Å². The Morgan fingerprint density at radius 1 is 1.62 bits per heavy atom. The normalized spacial score (nSPS) is 16.5. The van der Waals surface area contributed by atoms with Crippen molar-refractivity contribution in [3.63, 3.8) is 0 Å². The van der Waals surface area contributed by atoms with Crippen molar-refractivity contribution in [3.8, 4) is 6.07 Å². The standard InChI is InChI=1S/C12H19N/c1-6-7-12(5,9-13)8-11(4)10(2)3/h6,8,10H,1,7H2,2-5H3/b11-8+. The predicted molar refractivity (Wildman–Crippen MR) is 57.1 cm³/mol. The second-order valence-electron chi connectivity index (χ2n) is 4.07. The summed E-state index contributed by atoms with van der Waals surface area (Å²) in [6.45, 7) is 12.0. The molecule has 0 spiro atoms. The maximum Gasteiger partial charge on any atom is 0.0762 e. The van der Waals surface area contributed by atoms with E-state index in [4.69, 9.17) is 5.26 Å². The van der Waals surface area contributed by atoms with Gasteiger partial charge in [-0.15, -0.1) is 6.58 Å². The minimum atomic E-state index is -0.379. The number of rotatable bonds is 4. The van der Waals surface area contributed by atoms with E-state index in [-0.39, 0.29) is 5.41 Å². The molecular formula is C12H19N. The zero-order valence-electron chi connectivity index (χ0n) is 9.09. The van der Waals surface area contributed by atoms with Crippen LogP contribution < -0.4 is 0 Å². The van der Waals surface area contributed by atoms with E-state index in [1.54, 1.807) is 6.08 Å². The molecule has 0 aromatic heterocycles. The number of nitrogens with zero attached hydrogens (tertiary/aromatic N) is 1. The fraction of sp³-hybridized carbons (Fsp3) is 0.583. The minimum Gasteiger partial charge on any atom is -0.197 e. The van der Waals surface area contributed by atoms with Crippen LogP contribution >= 0.6 is 0 Å². The summed E-state index contributed by atoms with van der Waals surface area (Å²) in [5, 5.41) is 9.00. The van der Waals surface area contributed by atoms with Crippen molar-refractivity contribution in [1.82, 2.24) is 0 Å². The maximum absolute atomic E-state index is 9.00. The van der Waals surface area contributed by atoms with Gasteiger partial charge in [0.25, 0.3) is 0 Å². The molecule has 0 aromatic carbocycles. The Hall–Kier alpha value is -1.03.